The Labute approximate surface area is 273 Å². The largest absolute Gasteiger partial charge is 0.309 e. The van der Waals surface area contributed by atoms with Crippen molar-refractivity contribution < 1.29 is 0 Å². The maximum absolute atomic E-state index is 6.61. The average Bonchev–Trinajstić information content (AvgIpc) is 3.71. The zero-order valence-electron chi connectivity index (χ0n) is 24.4. The second-order valence-electron chi connectivity index (χ2n) is 12.3. The minimum absolute atomic E-state index is 0.102. The maximum Gasteiger partial charge on any atom is 0.224 e. The summed E-state index contributed by atoms with van der Waals surface area (Å²) in [7, 11) is 0. The molecule has 0 spiro atoms. The van der Waals surface area contributed by atoms with Crippen molar-refractivity contribution in [3.63, 3.8) is 0 Å². The lowest BCUT2D eigenvalue weighted by Crippen LogP contribution is -2.22. The summed E-state index contributed by atoms with van der Waals surface area (Å²) in [5, 5.41) is 7.91. The van der Waals surface area contributed by atoms with E-state index in [1.165, 1.54) is 58.7 Å². The monoisotopic (exact) mass is 635 g/mol. The number of thiophene rings is 1. The van der Waals surface area contributed by atoms with E-state index in [0.717, 1.165) is 34.8 Å². The third-order valence-corrected chi connectivity index (χ3v) is 12.5. The quantitative estimate of drug-likeness (QED) is 0.140. The van der Waals surface area contributed by atoms with Gasteiger partial charge in [0.1, 0.15) is 5.03 Å². The summed E-state index contributed by atoms with van der Waals surface area (Å²) in [5.74, 6) is 0.183. The highest BCUT2D eigenvalue weighted by atomic mass is 35.5. The Morgan fingerprint density at radius 3 is 2.67 bits per heavy atom. The minimum Gasteiger partial charge on any atom is -0.309 e. The summed E-state index contributed by atoms with van der Waals surface area (Å²) in [6, 6.07) is 26.7. The molecule has 0 saturated carbocycles. The predicted octanol–water partition coefficient (Wildman–Crippen LogP) is 11.3. The van der Waals surface area contributed by atoms with Crippen LogP contribution in [0.4, 0.5) is 0 Å². The zero-order valence-corrected chi connectivity index (χ0v) is 26.8. The van der Waals surface area contributed by atoms with Crippen LogP contribution >= 0.6 is 34.7 Å². The second kappa shape index (κ2) is 9.43. The summed E-state index contributed by atoms with van der Waals surface area (Å²) < 4.78 is 3.78. The van der Waals surface area contributed by atoms with Crippen LogP contribution in [-0.4, -0.2) is 19.3 Å². The lowest BCUT2D eigenvalue weighted by Gasteiger charge is -2.27. The van der Waals surface area contributed by atoms with Gasteiger partial charge >= 0.3 is 0 Å². The van der Waals surface area contributed by atoms with Gasteiger partial charge in [0, 0.05) is 58.6 Å². The molecule has 0 N–H and O–H groups in total. The fourth-order valence-corrected chi connectivity index (χ4v) is 10.7. The van der Waals surface area contributed by atoms with Crippen molar-refractivity contribution in [1.29, 1.82) is 0 Å². The van der Waals surface area contributed by atoms with Crippen molar-refractivity contribution in [2.75, 3.05) is 0 Å². The van der Waals surface area contributed by atoms with E-state index in [9.17, 15) is 0 Å². The summed E-state index contributed by atoms with van der Waals surface area (Å²) >= 11 is 10.3. The molecular weight excluding hydrogens is 610 g/mol. The van der Waals surface area contributed by atoms with Crippen LogP contribution in [0.15, 0.2) is 108 Å². The van der Waals surface area contributed by atoms with Gasteiger partial charge in [0.15, 0.2) is 0 Å². The molecule has 7 aromatic rings. The number of aromatic nitrogens is 3. The van der Waals surface area contributed by atoms with Crippen LogP contribution in [0.3, 0.4) is 0 Å². The smallest absolute Gasteiger partial charge is 0.224 e. The number of thioether (sulfide) groups is 1. The number of nitrogens with zero attached hydrogens (tertiary/aromatic N) is 3. The minimum atomic E-state index is -0.102. The molecule has 45 heavy (non-hydrogen) atoms. The summed E-state index contributed by atoms with van der Waals surface area (Å²) in [4.78, 5) is 11.0. The molecule has 0 fully saturated rings. The Morgan fingerprint density at radius 1 is 0.911 bits per heavy atom. The lowest BCUT2D eigenvalue weighted by atomic mass is 9.83. The van der Waals surface area contributed by atoms with E-state index >= 15 is 0 Å². The number of fused-ring (bicyclic) bond motifs is 13. The molecule has 0 saturated heterocycles. The lowest BCUT2D eigenvalue weighted by molar-refractivity contribution is 0.697. The van der Waals surface area contributed by atoms with Crippen LogP contribution in [0.25, 0.3) is 65.7 Å². The SMILES string of the molecule is CC12C=CC=CC1c1c(nc(Cl)nc1-c1cccc(-n3c4ccccc4c4c5ccccc5c5sc6c(c5c43)CCC=C6)c1)S2. The standard InChI is InChI=1S/C39H26ClN3S2/c1-39-20-9-8-17-28(39)33-34(41-38(40)42-37(33)45-39)22-11-10-12-23(21-22)43-29-18-6-4-15-26(29)31-24-13-2-3-14-25(24)36-32(35(31)43)27-16-5-7-19-30(27)44-36/h2-4,6-15,17-21,28H,5,16H2,1H3. The Kier molecular flexibility index (Phi) is 5.47. The molecule has 10 rings (SSSR count). The molecule has 3 aliphatic rings. The summed E-state index contributed by atoms with van der Waals surface area (Å²) in [5.41, 5.74) is 8.24. The van der Waals surface area contributed by atoms with Crippen LogP contribution in [0.5, 0.6) is 0 Å². The van der Waals surface area contributed by atoms with Gasteiger partial charge in [0.05, 0.1) is 16.7 Å². The van der Waals surface area contributed by atoms with Crippen molar-refractivity contribution in [3.05, 3.63) is 124 Å². The topological polar surface area (TPSA) is 30.7 Å². The fourth-order valence-electron chi connectivity index (χ4n) is 7.84. The van der Waals surface area contributed by atoms with Crippen molar-refractivity contribution >= 4 is 83.4 Å². The number of halogens is 1. The maximum atomic E-state index is 6.61. The number of rotatable bonds is 2. The molecule has 0 radical (unpaired) electrons. The Hall–Kier alpha value is -4.16. The van der Waals surface area contributed by atoms with Crippen LogP contribution in [0, 0.1) is 0 Å². The second-order valence-corrected chi connectivity index (χ2v) is 15.2. The van der Waals surface area contributed by atoms with E-state index < -0.39 is 0 Å². The molecule has 0 bridgehead atoms. The molecule has 3 nitrogen and oxygen atoms in total. The summed E-state index contributed by atoms with van der Waals surface area (Å²) in [6.07, 6.45) is 15.6. The van der Waals surface area contributed by atoms with Crippen molar-refractivity contribution in [1.82, 2.24) is 14.5 Å². The van der Waals surface area contributed by atoms with Gasteiger partial charge in [-0.3, -0.25) is 0 Å². The highest BCUT2D eigenvalue weighted by molar-refractivity contribution is 8.01. The Balaban J connectivity index is 1.30. The van der Waals surface area contributed by atoms with Crippen molar-refractivity contribution in [3.8, 4) is 16.9 Å². The van der Waals surface area contributed by atoms with E-state index in [4.69, 9.17) is 21.6 Å². The van der Waals surface area contributed by atoms with Gasteiger partial charge < -0.3 is 4.57 Å². The first-order valence-corrected chi connectivity index (χ1v) is 17.4. The molecule has 216 valence electrons. The number of aryl methyl sites for hydroxylation is 1. The molecular formula is C39H26ClN3S2. The Morgan fingerprint density at radius 2 is 1.76 bits per heavy atom. The van der Waals surface area contributed by atoms with Gasteiger partial charge in [-0.1, -0.05) is 96.7 Å². The van der Waals surface area contributed by atoms with Crippen LogP contribution in [0.1, 0.15) is 35.3 Å². The number of hydrogen-bond acceptors (Lipinski definition) is 4. The molecule has 2 aliphatic carbocycles. The number of para-hydroxylation sites is 1. The van der Waals surface area contributed by atoms with Crippen LogP contribution in [-0.2, 0) is 6.42 Å². The summed E-state index contributed by atoms with van der Waals surface area (Å²) in [6.45, 7) is 2.28. The van der Waals surface area contributed by atoms with E-state index in [1.807, 2.05) is 11.3 Å². The molecule has 1 aliphatic heterocycles. The van der Waals surface area contributed by atoms with Crippen molar-refractivity contribution in [2.24, 2.45) is 0 Å². The predicted molar refractivity (Wildman–Crippen MR) is 192 cm³/mol. The van der Waals surface area contributed by atoms with Gasteiger partial charge in [0.25, 0.3) is 0 Å². The van der Waals surface area contributed by atoms with Gasteiger partial charge in [-0.15, -0.1) is 11.3 Å². The molecule has 2 unspecified atom stereocenters. The third kappa shape index (κ3) is 3.60. The number of hydrogen-bond donors (Lipinski definition) is 0. The molecule has 3 aromatic heterocycles. The normalized spacial score (nSPS) is 20.0. The van der Waals surface area contributed by atoms with Crippen LogP contribution in [0.2, 0.25) is 5.28 Å². The van der Waals surface area contributed by atoms with Crippen molar-refractivity contribution in [2.45, 2.75) is 35.5 Å². The van der Waals surface area contributed by atoms with E-state index in [-0.39, 0.29) is 10.7 Å². The van der Waals surface area contributed by atoms with E-state index in [1.54, 1.807) is 11.8 Å². The van der Waals surface area contributed by atoms with E-state index in [2.05, 4.69) is 121 Å². The molecule has 2 atom stereocenters. The van der Waals surface area contributed by atoms with Gasteiger partial charge in [-0.25, -0.2) is 9.97 Å². The fraction of sp³-hybridized carbons (Fsp3) is 0.128. The number of allylic oxidation sites excluding steroid dienone is 4. The highest BCUT2D eigenvalue weighted by Gasteiger charge is 2.44. The first-order chi connectivity index (χ1) is 22.1. The van der Waals surface area contributed by atoms with Gasteiger partial charge in [-0.2, -0.15) is 0 Å². The zero-order chi connectivity index (χ0) is 29.9. The molecule has 0 amide bonds. The molecule has 4 heterocycles. The molecule has 6 heteroatoms. The van der Waals surface area contributed by atoms with Gasteiger partial charge in [0.2, 0.25) is 5.28 Å². The first-order valence-electron chi connectivity index (χ1n) is 15.4. The average molecular weight is 636 g/mol. The Bertz CT molecular complexity index is 2520. The first kappa shape index (κ1) is 26.1. The van der Waals surface area contributed by atoms with Gasteiger partial charge in [-0.05, 0) is 66.6 Å². The van der Waals surface area contributed by atoms with E-state index in [0.29, 0.717) is 5.28 Å². The number of benzene rings is 4. The highest BCUT2D eigenvalue weighted by Crippen LogP contribution is 2.57. The van der Waals surface area contributed by atoms with Crippen LogP contribution < -0.4 is 0 Å². The molecule has 4 aromatic carbocycles. The third-order valence-electron chi connectivity index (χ3n) is 9.77.